The van der Waals surface area contributed by atoms with Crippen molar-refractivity contribution in [2.45, 2.75) is 88.8 Å². The Morgan fingerprint density at radius 3 is 2.50 bits per heavy atom. The fraction of sp³-hybridized carbons (Fsp3) is 1.00. The first-order valence-electron chi connectivity index (χ1n) is 8.17. The Morgan fingerprint density at radius 2 is 1.78 bits per heavy atom. The van der Waals surface area contributed by atoms with Gasteiger partial charge in [-0.2, -0.15) is 0 Å². The fourth-order valence-electron chi connectivity index (χ4n) is 4.50. The molecule has 2 saturated carbocycles. The first kappa shape index (κ1) is 12.9. The van der Waals surface area contributed by atoms with Gasteiger partial charge in [-0.05, 0) is 51.4 Å². The SMILES string of the molecule is C[C@H](NC1CCOC2(CCCC2)C1)C1CCCC1. The van der Waals surface area contributed by atoms with Crippen LogP contribution in [0.2, 0.25) is 0 Å². The van der Waals surface area contributed by atoms with Crippen LogP contribution in [0.1, 0.15) is 71.1 Å². The van der Waals surface area contributed by atoms with Crippen LogP contribution >= 0.6 is 0 Å². The Hall–Kier alpha value is -0.0800. The Kier molecular flexibility index (Phi) is 3.95. The monoisotopic (exact) mass is 251 g/mol. The summed E-state index contributed by atoms with van der Waals surface area (Å²) in [5.41, 5.74) is 0.269. The summed E-state index contributed by atoms with van der Waals surface area (Å²) in [6.45, 7) is 3.39. The van der Waals surface area contributed by atoms with Crippen molar-refractivity contribution < 1.29 is 4.74 Å². The maximum Gasteiger partial charge on any atom is 0.0697 e. The van der Waals surface area contributed by atoms with Gasteiger partial charge in [0.05, 0.1) is 5.60 Å². The van der Waals surface area contributed by atoms with Crippen molar-refractivity contribution in [3.8, 4) is 0 Å². The topological polar surface area (TPSA) is 21.3 Å². The van der Waals surface area contributed by atoms with E-state index in [1.807, 2.05) is 0 Å². The minimum atomic E-state index is 0.269. The number of nitrogens with one attached hydrogen (secondary N) is 1. The van der Waals surface area contributed by atoms with E-state index in [9.17, 15) is 0 Å². The maximum absolute atomic E-state index is 6.12. The molecule has 2 atom stereocenters. The van der Waals surface area contributed by atoms with E-state index in [1.54, 1.807) is 0 Å². The third-order valence-electron chi connectivity index (χ3n) is 5.61. The lowest BCUT2D eigenvalue weighted by Gasteiger charge is -2.40. The minimum absolute atomic E-state index is 0.269. The van der Waals surface area contributed by atoms with Gasteiger partial charge < -0.3 is 10.1 Å². The maximum atomic E-state index is 6.12. The third-order valence-corrected chi connectivity index (χ3v) is 5.61. The molecule has 0 aromatic carbocycles. The van der Waals surface area contributed by atoms with Crippen molar-refractivity contribution in [1.82, 2.24) is 5.32 Å². The Labute approximate surface area is 112 Å². The van der Waals surface area contributed by atoms with Crippen molar-refractivity contribution in [1.29, 1.82) is 0 Å². The Morgan fingerprint density at radius 1 is 1.06 bits per heavy atom. The molecule has 1 N–H and O–H groups in total. The van der Waals surface area contributed by atoms with Crippen LogP contribution in [-0.4, -0.2) is 24.3 Å². The molecule has 1 aliphatic heterocycles. The molecule has 1 heterocycles. The number of hydrogen-bond donors (Lipinski definition) is 1. The van der Waals surface area contributed by atoms with E-state index in [1.165, 1.54) is 64.2 Å². The van der Waals surface area contributed by atoms with E-state index in [2.05, 4.69) is 12.2 Å². The molecule has 18 heavy (non-hydrogen) atoms. The van der Waals surface area contributed by atoms with Gasteiger partial charge in [-0.3, -0.25) is 0 Å². The van der Waals surface area contributed by atoms with Gasteiger partial charge in [0.2, 0.25) is 0 Å². The van der Waals surface area contributed by atoms with Gasteiger partial charge in [-0.15, -0.1) is 0 Å². The van der Waals surface area contributed by atoms with Crippen molar-refractivity contribution in [2.75, 3.05) is 6.61 Å². The van der Waals surface area contributed by atoms with Gasteiger partial charge in [0, 0.05) is 18.7 Å². The van der Waals surface area contributed by atoms with Gasteiger partial charge in [0.25, 0.3) is 0 Å². The smallest absolute Gasteiger partial charge is 0.0697 e. The number of rotatable bonds is 3. The lowest BCUT2D eigenvalue weighted by Crippen LogP contribution is -2.49. The normalized spacial score (nSPS) is 34.2. The third kappa shape index (κ3) is 2.75. The van der Waals surface area contributed by atoms with E-state index in [0.29, 0.717) is 12.1 Å². The highest BCUT2D eigenvalue weighted by molar-refractivity contribution is 4.94. The average molecular weight is 251 g/mol. The summed E-state index contributed by atoms with van der Waals surface area (Å²) in [5, 5.41) is 3.93. The van der Waals surface area contributed by atoms with Crippen LogP contribution in [0.25, 0.3) is 0 Å². The largest absolute Gasteiger partial charge is 0.375 e. The molecule has 3 rings (SSSR count). The van der Waals surface area contributed by atoms with Gasteiger partial charge in [-0.25, -0.2) is 0 Å². The minimum Gasteiger partial charge on any atom is -0.375 e. The molecule has 3 fully saturated rings. The van der Waals surface area contributed by atoms with Crippen molar-refractivity contribution >= 4 is 0 Å². The van der Waals surface area contributed by atoms with Gasteiger partial charge >= 0.3 is 0 Å². The molecule has 1 saturated heterocycles. The molecular formula is C16H29NO. The van der Waals surface area contributed by atoms with Crippen LogP contribution in [0.4, 0.5) is 0 Å². The van der Waals surface area contributed by atoms with E-state index in [0.717, 1.165) is 12.5 Å². The predicted octanol–water partition coefficient (Wildman–Crippen LogP) is 3.65. The Balaban J connectivity index is 1.52. The second kappa shape index (κ2) is 5.50. The zero-order chi connectivity index (χ0) is 12.4. The first-order valence-corrected chi connectivity index (χ1v) is 8.17. The molecule has 2 aliphatic carbocycles. The summed E-state index contributed by atoms with van der Waals surface area (Å²) >= 11 is 0. The van der Waals surface area contributed by atoms with Crippen LogP contribution in [0.15, 0.2) is 0 Å². The average Bonchev–Trinajstić information content (AvgIpc) is 3.01. The second-order valence-corrected chi connectivity index (χ2v) is 6.93. The summed E-state index contributed by atoms with van der Waals surface area (Å²) in [4.78, 5) is 0. The first-order chi connectivity index (χ1) is 8.77. The standard InChI is InChI=1S/C16H29NO/c1-13(14-6-2-3-7-14)17-15-8-11-18-16(12-15)9-4-5-10-16/h13-15,17H,2-12H2,1H3/t13-,15?/m0/s1. The Bertz CT molecular complexity index is 266. The summed E-state index contributed by atoms with van der Waals surface area (Å²) in [5.74, 6) is 0.937. The summed E-state index contributed by atoms with van der Waals surface area (Å²) in [6.07, 6.45) is 13.7. The highest BCUT2D eigenvalue weighted by Gasteiger charge is 2.40. The molecule has 3 aliphatic rings. The molecule has 2 heteroatoms. The van der Waals surface area contributed by atoms with Gasteiger partial charge in [0.1, 0.15) is 0 Å². The van der Waals surface area contributed by atoms with Crippen molar-refractivity contribution in [3.05, 3.63) is 0 Å². The van der Waals surface area contributed by atoms with E-state index in [-0.39, 0.29) is 5.60 Å². The second-order valence-electron chi connectivity index (χ2n) is 6.93. The number of ether oxygens (including phenoxy) is 1. The van der Waals surface area contributed by atoms with Crippen molar-refractivity contribution in [2.24, 2.45) is 5.92 Å². The lowest BCUT2D eigenvalue weighted by atomic mass is 9.87. The fourth-order valence-corrected chi connectivity index (χ4v) is 4.50. The molecule has 1 spiro atoms. The van der Waals surface area contributed by atoms with Crippen LogP contribution in [0.3, 0.4) is 0 Å². The molecule has 0 bridgehead atoms. The molecule has 1 unspecified atom stereocenters. The van der Waals surface area contributed by atoms with E-state index < -0.39 is 0 Å². The molecular weight excluding hydrogens is 222 g/mol. The number of hydrogen-bond acceptors (Lipinski definition) is 2. The van der Waals surface area contributed by atoms with Gasteiger partial charge in [0.15, 0.2) is 0 Å². The summed E-state index contributed by atoms with van der Waals surface area (Å²) < 4.78 is 6.12. The van der Waals surface area contributed by atoms with Crippen LogP contribution in [0, 0.1) is 5.92 Å². The molecule has 2 nitrogen and oxygen atoms in total. The molecule has 0 aromatic heterocycles. The zero-order valence-corrected chi connectivity index (χ0v) is 11.9. The van der Waals surface area contributed by atoms with E-state index >= 15 is 0 Å². The molecule has 0 aromatic rings. The molecule has 104 valence electrons. The van der Waals surface area contributed by atoms with Gasteiger partial charge in [-0.1, -0.05) is 25.7 Å². The molecule has 0 radical (unpaired) electrons. The highest BCUT2D eigenvalue weighted by Crippen LogP contribution is 2.40. The van der Waals surface area contributed by atoms with Crippen LogP contribution in [-0.2, 0) is 4.74 Å². The predicted molar refractivity (Wildman–Crippen MR) is 74.7 cm³/mol. The molecule has 0 amide bonds. The quantitative estimate of drug-likeness (QED) is 0.826. The highest BCUT2D eigenvalue weighted by atomic mass is 16.5. The van der Waals surface area contributed by atoms with Crippen LogP contribution < -0.4 is 5.32 Å². The summed E-state index contributed by atoms with van der Waals surface area (Å²) in [6, 6.07) is 1.43. The van der Waals surface area contributed by atoms with Crippen LogP contribution in [0.5, 0.6) is 0 Å². The lowest BCUT2D eigenvalue weighted by molar-refractivity contribution is -0.0851. The summed E-state index contributed by atoms with van der Waals surface area (Å²) in [7, 11) is 0. The van der Waals surface area contributed by atoms with E-state index in [4.69, 9.17) is 4.74 Å². The zero-order valence-electron chi connectivity index (χ0n) is 11.9. The van der Waals surface area contributed by atoms with Crippen molar-refractivity contribution in [3.63, 3.8) is 0 Å².